The minimum Gasteiger partial charge on any atom is -0.335 e. The summed E-state index contributed by atoms with van der Waals surface area (Å²) in [6, 6.07) is 18.4. The van der Waals surface area contributed by atoms with Crippen molar-refractivity contribution in [1.82, 2.24) is 29.9 Å². The summed E-state index contributed by atoms with van der Waals surface area (Å²) in [5, 5.41) is 12.2. The number of para-hydroxylation sites is 2. The fraction of sp³-hybridized carbons (Fsp3) is 0.0400. The van der Waals surface area contributed by atoms with Crippen LogP contribution in [0.25, 0.3) is 39.1 Å². The first-order valence-corrected chi connectivity index (χ1v) is 10.7. The zero-order chi connectivity index (χ0) is 23.9. The van der Waals surface area contributed by atoms with Gasteiger partial charge >= 0.3 is 0 Å². The summed E-state index contributed by atoms with van der Waals surface area (Å²) in [6.45, 7) is 1.76. The second-order valence-electron chi connectivity index (χ2n) is 7.87. The smallest absolute Gasteiger partial charge is 0.261 e. The summed E-state index contributed by atoms with van der Waals surface area (Å²) in [5.41, 5.74) is 3.79. The Labute approximate surface area is 197 Å². The van der Waals surface area contributed by atoms with Crippen molar-refractivity contribution in [2.45, 2.75) is 6.92 Å². The first-order chi connectivity index (χ1) is 17.1. The second kappa shape index (κ2) is 8.03. The molecule has 170 valence electrons. The van der Waals surface area contributed by atoms with Crippen molar-refractivity contribution in [1.29, 1.82) is 0 Å². The molecular weight excluding hydrogens is 446 g/mol. The molecule has 10 heteroatoms. The zero-order valence-corrected chi connectivity index (χ0v) is 18.4. The number of aromatic nitrogens is 6. The number of aryl methyl sites for hydroxylation is 1. The fourth-order valence-corrected chi connectivity index (χ4v) is 4.02. The summed E-state index contributed by atoms with van der Waals surface area (Å²) < 4.78 is 6.91. The topological polar surface area (TPSA) is 132 Å². The van der Waals surface area contributed by atoms with Crippen molar-refractivity contribution < 1.29 is 9.32 Å². The van der Waals surface area contributed by atoms with Crippen LogP contribution in [-0.4, -0.2) is 35.8 Å². The highest BCUT2D eigenvalue weighted by atomic mass is 16.5. The molecule has 2 N–H and O–H groups in total. The summed E-state index contributed by atoms with van der Waals surface area (Å²) in [5.74, 6) is -0.365. The fourth-order valence-electron chi connectivity index (χ4n) is 4.02. The van der Waals surface area contributed by atoms with E-state index in [0.717, 1.165) is 5.56 Å². The standard InChI is InChI=1S/C25H17N7O3/c1-14-21-16(11-19(30-25(21)35-31-14)15-7-3-2-4-8-15)24(34)29-18-9-5-6-10-20(18)32-22-17(12-28-32)23(33)27-13-26-22/h2-13H,1H3,(H,29,34)(H,26,27,33). The molecule has 0 saturated heterocycles. The third kappa shape index (κ3) is 3.44. The van der Waals surface area contributed by atoms with E-state index in [1.807, 2.05) is 36.4 Å². The number of anilines is 1. The molecule has 0 spiro atoms. The molecule has 0 bridgehead atoms. The Kier molecular flexibility index (Phi) is 4.70. The number of benzene rings is 2. The summed E-state index contributed by atoms with van der Waals surface area (Å²) in [7, 11) is 0. The number of carbonyl (C=O) groups excluding carboxylic acids is 1. The van der Waals surface area contributed by atoms with Crippen LogP contribution in [-0.2, 0) is 0 Å². The average molecular weight is 463 g/mol. The van der Waals surface area contributed by atoms with E-state index in [1.54, 1.807) is 31.2 Å². The van der Waals surface area contributed by atoms with Gasteiger partial charge in [0.15, 0.2) is 5.65 Å². The number of hydrogen-bond donors (Lipinski definition) is 2. The maximum absolute atomic E-state index is 13.6. The van der Waals surface area contributed by atoms with Crippen molar-refractivity contribution >= 4 is 33.7 Å². The van der Waals surface area contributed by atoms with Crippen molar-refractivity contribution in [3.8, 4) is 16.9 Å². The van der Waals surface area contributed by atoms with E-state index in [1.165, 1.54) is 17.2 Å². The monoisotopic (exact) mass is 463 g/mol. The van der Waals surface area contributed by atoms with Crippen LogP contribution in [0.2, 0.25) is 0 Å². The molecule has 35 heavy (non-hydrogen) atoms. The highest BCUT2D eigenvalue weighted by Gasteiger charge is 2.21. The van der Waals surface area contributed by atoms with Crippen LogP contribution in [0.4, 0.5) is 5.69 Å². The van der Waals surface area contributed by atoms with Crippen molar-refractivity contribution in [2.75, 3.05) is 5.32 Å². The molecule has 10 nitrogen and oxygen atoms in total. The van der Waals surface area contributed by atoms with E-state index < -0.39 is 0 Å². The lowest BCUT2D eigenvalue weighted by molar-refractivity contribution is 0.102. The summed E-state index contributed by atoms with van der Waals surface area (Å²) in [6.07, 6.45) is 2.76. The van der Waals surface area contributed by atoms with Crippen LogP contribution >= 0.6 is 0 Å². The Morgan fingerprint density at radius 3 is 2.74 bits per heavy atom. The number of carbonyl (C=O) groups is 1. The molecule has 0 fully saturated rings. The molecule has 0 aliphatic heterocycles. The van der Waals surface area contributed by atoms with Crippen LogP contribution in [0, 0.1) is 6.92 Å². The molecule has 0 saturated carbocycles. The van der Waals surface area contributed by atoms with Crippen LogP contribution in [0.15, 0.2) is 82.5 Å². The van der Waals surface area contributed by atoms with Gasteiger partial charge in [0.1, 0.15) is 5.39 Å². The minimum atomic E-state index is -0.365. The van der Waals surface area contributed by atoms with Gasteiger partial charge in [0.25, 0.3) is 17.2 Å². The molecule has 2 aromatic carbocycles. The Morgan fingerprint density at radius 1 is 1.09 bits per heavy atom. The lowest BCUT2D eigenvalue weighted by atomic mass is 10.0. The minimum absolute atomic E-state index is 0.281. The normalized spacial score (nSPS) is 11.2. The van der Waals surface area contributed by atoms with Crippen LogP contribution in [0.1, 0.15) is 16.1 Å². The van der Waals surface area contributed by atoms with Crippen LogP contribution in [0.5, 0.6) is 0 Å². The molecule has 0 unspecified atom stereocenters. The van der Waals surface area contributed by atoms with Gasteiger partial charge < -0.3 is 14.8 Å². The van der Waals surface area contributed by atoms with Crippen LogP contribution < -0.4 is 10.9 Å². The second-order valence-corrected chi connectivity index (χ2v) is 7.87. The highest BCUT2D eigenvalue weighted by Crippen LogP contribution is 2.29. The first-order valence-electron chi connectivity index (χ1n) is 10.7. The van der Waals surface area contributed by atoms with Gasteiger partial charge in [-0.05, 0) is 25.1 Å². The maximum Gasteiger partial charge on any atom is 0.261 e. The number of nitrogens with zero attached hydrogens (tertiary/aromatic N) is 5. The van der Waals surface area contributed by atoms with E-state index >= 15 is 0 Å². The van der Waals surface area contributed by atoms with Gasteiger partial charge in [-0.3, -0.25) is 9.59 Å². The Hall–Kier alpha value is -5.12. The van der Waals surface area contributed by atoms with Gasteiger partial charge in [-0.1, -0.05) is 47.6 Å². The third-order valence-electron chi connectivity index (χ3n) is 5.68. The Balaban J connectivity index is 1.45. The molecule has 1 amide bonds. The number of H-pyrrole nitrogens is 1. The predicted molar refractivity (Wildman–Crippen MR) is 129 cm³/mol. The van der Waals surface area contributed by atoms with Gasteiger partial charge in [-0.25, -0.2) is 14.6 Å². The maximum atomic E-state index is 13.6. The molecule has 0 atom stereocenters. The number of nitrogens with one attached hydrogen (secondary N) is 2. The number of rotatable bonds is 4. The first kappa shape index (κ1) is 20.5. The van der Waals surface area contributed by atoms with E-state index in [9.17, 15) is 9.59 Å². The van der Waals surface area contributed by atoms with Crippen molar-refractivity contribution in [3.05, 3.63) is 94.8 Å². The number of aromatic amines is 1. The van der Waals surface area contributed by atoms with Gasteiger partial charge in [0, 0.05) is 5.56 Å². The highest BCUT2D eigenvalue weighted by molar-refractivity contribution is 6.13. The van der Waals surface area contributed by atoms with Gasteiger partial charge in [-0.15, -0.1) is 0 Å². The number of pyridine rings is 1. The molecule has 0 aliphatic rings. The third-order valence-corrected chi connectivity index (χ3v) is 5.68. The Morgan fingerprint density at radius 2 is 1.89 bits per heavy atom. The summed E-state index contributed by atoms with van der Waals surface area (Å²) >= 11 is 0. The van der Waals surface area contributed by atoms with Gasteiger partial charge in [0.2, 0.25) is 0 Å². The molecular formula is C25H17N7O3. The average Bonchev–Trinajstić information content (AvgIpc) is 3.49. The van der Waals surface area contributed by atoms with E-state index in [2.05, 4.69) is 30.5 Å². The molecule has 0 radical (unpaired) electrons. The largest absolute Gasteiger partial charge is 0.335 e. The number of amides is 1. The van der Waals surface area contributed by atoms with Gasteiger partial charge in [-0.2, -0.15) is 5.10 Å². The van der Waals surface area contributed by atoms with E-state index in [-0.39, 0.29) is 17.2 Å². The predicted octanol–water partition coefficient (Wildman–Crippen LogP) is 3.87. The Bertz CT molecular complexity index is 1780. The van der Waals surface area contributed by atoms with E-state index in [0.29, 0.717) is 44.7 Å². The van der Waals surface area contributed by atoms with Crippen molar-refractivity contribution in [3.63, 3.8) is 0 Å². The summed E-state index contributed by atoms with van der Waals surface area (Å²) in [4.78, 5) is 37.0. The quantitative estimate of drug-likeness (QED) is 0.406. The lowest BCUT2D eigenvalue weighted by Crippen LogP contribution is -2.15. The number of hydrogen-bond acceptors (Lipinski definition) is 7. The van der Waals surface area contributed by atoms with Gasteiger partial charge in [0.05, 0.1) is 46.2 Å². The van der Waals surface area contributed by atoms with Crippen molar-refractivity contribution in [2.24, 2.45) is 0 Å². The van der Waals surface area contributed by atoms with E-state index in [4.69, 9.17) is 4.52 Å². The molecule has 0 aliphatic carbocycles. The molecule has 6 rings (SSSR count). The molecule has 4 heterocycles. The molecule has 4 aromatic heterocycles. The lowest BCUT2D eigenvalue weighted by Gasteiger charge is -2.12. The SMILES string of the molecule is Cc1noc2nc(-c3ccccc3)cc(C(=O)Nc3ccccc3-n3ncc4c(=O)[nH]cnc43)c12. The molecule has 6 aromatic rings. The number of fused-ring (bicyclic) bond motifs is 2. The van der Waals surface area contributed by atoms with Crippen LogP contribution in [0.3, 0.4) is 0 Å². The zero-order valence-electron chi connectivity index (χ0n) is 18.4.